The quantitative estimate of drug-likeness (QED) is 0.649. The van der Waals surface area contributed by atoms with Crippen LogP contribution in [-0.2, 0) is 0 Å². The van der Waals surface area contributed by atoms with E-state index in [4.69, 9.17) is 0 Å². The molecule has 0 aromatic carbocycles. The monoisotopic (exact) mass is 173 g/mol. The molecule has 0 aliphatic rings. The molecular weight excluding hydrogens is 152 g/mol. The summed E-state index contributed by atoms with van der Waals surface area (Å²) >= 11 is 0. The SMILES string of the molecule is CC(C)[N-][Si](C)(C)NC(C)C. The van der Waals surface area contributed by atoms with Gasteiger partial charge in [0.1, 0.15) is 0 Å². The van der Waals surface area contributed by atoms with Crippen LogP contribution in [0.15, 0.2) is 0 Å². The Balaban J connectivity index is 3.79. The minimum Gasteiger partial charge on any atom is -0.650 e. The van der Waals surface area contributed by atoms with E-state index in [2.05, 4.69) is 50.8 Å². The molecular formula is C8H21N2Si-. The molecule has 0 aliphatic carbocycles. The molecule has 0 unspecified atom stereocenters. The van der Waals surface area contributed by atoms with Crippen molar-refractivity contribution in [3.63, 3.8) is 0 Å². The summed E-state index contributed by atoms with van der Waals surface area (Å²) in [6.45, 7) is 13.1. The van der Waals surface area contributed by atoms with Gasteiger partial charge in [0.05, 0.1) is 0 Å². The van der Waals surface area contributed by atoms with Crippen LogP contribution in [0.4, 0.5) is 0 Å². The number of hydrogen-bond donors (Lipinski definition) is 1. The summed E-state index contributed by atoms with van der Waals surface area (Å²) in [5, 5.41) is 0. The maximum atomic E-state index is 4.68. The van der Waals surface area contributed by atoms with Gasteiger partial charge in [0, 0.05) is 8.40 Å². The predicted octanol–water partition coefficient (Wildman–Crippen LogP) is 2.47. The van der Waals surface area contributed by atoms with Gasteiger partial charge in [0.15, 0.2) is 0 Å². The molecule has 1 N–H and O–H groups in total. The summed E-state index contributed by atoms with van der Waals surface area (Å²) in [7, 11) is -1.45. The zero-order valence-electron chi connectivity index (χ0n) is 8.60. The Bertz CT molecular complexity index is 98.7. The molecule has 0 saturated heterocycles. The van der Waals surface area contributed by atoms with Crippen molar-refractivity contribution >= 4 is 8.40 Å². The van der Waals surface area contributed by atoms with Crippen LogP contribution in [0.3, 0.4) is 0 Å². The normalized spacial score (nSPS) is 13.1. The molecule has 3 heteroatoms. The van der Waals surface area contributed by atoms with Crippen LogP contribution >= 0.6 is 0 Å². The second-order valence-electron chi connectivity index (χ2n) is 4.08. The van der Waals surface area contributed by atoms with Crippen LogP contribution in [0.1, 0.15) is 27.7 Å². The summed E-state index contributed by atoms with van der Waals surface area (Å²) < 4.78 is 0. The van der Waals surface area contributed by atoms with E-state index in [-0.39, 0.29) is 0 Å². The predicted molar refractivity (Wildman–Crippen MR) is 54.2 cm³/mol. The van der Waals surface area contributed by atoms with Crippen molar-refractivity contribution in [2.45, 2.75) is 52.9 Å². The largest absolute Gasteiger partial charge is 0.650 e. The Morgan fingerprint density at radius 3 is 1.82 bits per heavy atom. The topological polar surface area (TPSA) is 26.1 Å². The Kier molecular flexibility index (Phi) is 4.29. The van der Waals surface area contributed by atoms with E-state index in [0.29, 0.717) is 12.1 Å². The van der Waals surface area contributed by atoms with Crippen LogP contribution < -0.4 is 4.98 Å². The molecule has 0 aliphatic heterocycles. The molecule has 0 aromatic heterocycles. The summed E-state index contributed by atoms with van der Waals surface area (Å²) in [6, 6.07) is 1.02. The lowest BCUT2D eigenvalue weighted by molar-refractivity contribution is 0.731. The lowest BCUT2D eigenvalue weighted by Gasteiger charge is -2.44. The first-order valence-corrected chi connectivity index (χ1v) is 7.28. The molecule has 0 aromatic rings. The fraction of sp³-hybridized carbons (Fsp3) is 1.00. The third-order valence-electron chi connectivity index (χ3n) is 1.22. The van der Waals surface area contributed by atoms with Gasteiger partial charge in [-0.3, -0.25) is 0 Å². The van der Waals surface area contributed by atoms with E-state index in [1.54, 1.807) is 0 Å². The molecule has 2 nitrogen and oxygen atoms in total. The number of nitrogens with one attached hydrogen (secondary N) is 1. The summed E-state index contributed by atoms with van der Waals surface area (Å²) in [6.07, 6.45) is 0. The Hall–Kier alpha value is 0.137. The molecule has 68 valence electrons. The lowest BCUT2D eigenvalue weighted by atomic mass is 10.4. The van der Waals surface area contributed by atoms with Crippen LogP contribution in [0.2, 0.25) is 13.1 Å². The van der Waals surface area contributed by atoms with Gasteiger partial charge in [-0.05, 0) is 6.04 Å². The van der Waals surface area contributed by atoms with Gasteiger partial charge in [-0.15, -0.1) is 6.04 Å². The van der Waals surface area contributed by atoms with Gasteiger partial charge in [-0.1, -0.05) is 40.8 Å². The van der Waals surface area contributed by atoms with Crippen molar-refractivity contribution in [2.75, 3.05) is 0 Å². The molecule has 0 bridgehead atoms. The zero-order chi connectivity index (χ0) is 9.07. The minimum atomic E-state index is -1.45. The first kappa shape index (κ1) is 11.1. The fourth-order valence-corrected chi connectivity index (χ4v) is 4.17. The molecule has 0 rings (SSSR count). The molecule has 0 saturated carbocycles. The third-order valence-corrected chi connectivity index (χ3v) is 3.67. The van der Waals surface area contributed by atoms with E-state index in [0.717, 1.165) is 0 Å². The molecule has 0 spiro atoms. The molecule has 0 radical (unpaired) electrons. The highest BCUT2D eigenvalue weighted by atomic mass is 28.3. The van der Waals surface area contributed by atoms with Gasteiger partial charge >= 0.3 is 0 Å². The highest BCUT2D eigenvalue weighted by Crippen LogP contribution is 2.12. The van der Waals surface area contributed by atoms with Gasteiger partial charge in [0.2, 0.25) is 0 Å². The molecule has 0 atom stereocenters. The molecule has 11 heavy (non-hydrogen) atoms. The van der Waals surface area contributed by atoms with E-state index >= 15 is 0 Å². The van der Waals surface area contributed by atoms with Gasteiger partial charge in [-0.25, -0.2) is 0 Å². The summed E-state index contributed by atoms with van der Waals surface area (Å²) in [5.41, 5.74) is 0. The Morgan fingerprint density at radius 1 is 1.09 bits per heavy atom. The Morgan fingerprint density at radius 2 is 1.55 bits per heavy atom. The highest BCUT2D eigenvalue weighted by Gasteiger charge is 2.09. The first-order valence-electron chi connectivity index (χ1n) is 4.33. The second kappa shape index (κ2) is 4.23. The summed E-state index contributed by atoms with van der Waals surface area (Å²) in [4.78, 5) is 8.20. The summed E-state index contributed by atoms with van der Waals surface area (Å²) in [5.74, 6) is 0. The van der Waals surface area contributed by atoms with Gasteiger partial charge in [0.25, 0.3) is 0 Å². The van der Waals surface area contributed by atoms with Crippen molar-refractivity contribution in [3.05, 3.63) is 4.98 Å². The third kappa shape index (κ3) is 6.53. The maximum absolute atomic E-state index is 4.68. The minimum absolute atomic E-state index is 0.461. The fourth-order valence-electron chi connectivity index (χ4n) is 1.39. The van der Waals surface area contributed by atoms with Crippen molar-refractivity contribution in [2.24, 2.45) is 0 Å². The lowest BCUT2D eigenvalue weighted by Crippen LogP contribution is -2.49. The number of nitrogens with zero attached hydrogens (tertiary/aromatic N) is 1. The second-order valence-corrected chi connectivity index (χ2v) is 7.75. The highest BCUT2D eigenvalue weighted by molar-refractivity contribution is 6.79. The van der Waals surface area contributed by atoms with Gasteiger partial charge < -0.3 is 9.96 Å². The van der Waals surface area contributed by atoms with E-state index in [1.165, 1.54) is 0 Å². The van der Waals surface area contributed by atoms with E-state index in [9.17, 15) is 0 Å². The van der Waals surface area contributed by atoms with Gasteiger partial charge in [-0.2, -0.15) is 0 Å². The van der Waals surface area contributed by atoms with Crippen LogP contribution in [0, 0.1) is 0 Å². The van der Waals surface area contributed by atoms with Crippen LogP contribution in [0.25, 0.3) is 4.98 Å². The number of rotatable bonds is 4. The van der Waals surface area contributed by atoms with Crippen LogP contribution in [0.5, 0.6) is 0 Å². The zero-order valence-corrected chi connectivity index (χ0v) is 9.60. The van der Waals surface area contributed by atoms with Crippen LogP contribution in [-0.4, -0.2) is 20.5 Å². The van der Waals surface area contributed by atoms with E-state index in [1.807, 2.05) is 0 Å². The van der Waals surface area contributed by atoms with Crippen molar-refractivity contribution < 1.29 is 0 Å². The van der Waals surface area contributed by atoms with Crippen molar-refractivity contribution in [1.82, 2.24) is 4.98 Å². The Labute approximate surface area is 71.9 Å². The molecule has 0 fully saturated rings. The van der Waals surface area contributed by atoms with Crippen molar-refractivity contribution in [1.29, 1.82) is 0 Å². The molecule has 0 amide bonds. The first-order chi connectivity index (χ1) is 4.83. The smallest absolute Gasteiger partial charge is 0.00623 e. The van der Waals surface area contributed by atoms with E-state index < -0.39 is 8.40 Å². The standard InChI is InChI=1S/C8H21N2Si/c1-7(2)9-11(5,6)10-8(3)4/h7-9H,1-6H3/q-1. The average Bonchev–Trinajstić information content (AvgIpc) is 1.53. The molecule has 0 heterocycles. The number of hydrogen-bond acceptors (Lipinski definition) is 1. The average molecular weight is 173 g/mol. The van der Waals surface area contributed by atoms with Crippen molar-refractivity contribution in [3.8, 4) is 0 Å². The maximum Gasteiger partial charge on any atom is 0.00623 e.